The molecule has 35 heavy (non-hydrogen) atoms. The molecule has 1 aliphatic rings. The van der Waals surface area contributed by atoms with Gasteiger partial charge in [-0.05, 0) is 53.9 Å². The molecule has 0 spiro atoms. The van der Waals surface area contributed by atoms with Crippen molar-refractivity contribution in [1.82, 2.24) is 19.2 Å². The van der Waals surface area contributed by atoms with Crippen LogP contribution in [0.15, 0.2) is 71.8 Å². The smallest absolute Gasteiger partial charge is 0.392 e. The van der Waals surface area contributed by atoms with Gasteiger partial charge >= 0.3 is 6.18 Å². The molecule has 2 aromatic heterocycles. The van der Waals surface area contributed by atoms with Crippen LogP contribution >= 0.6 is 12.4 Å². The SMILES string of the molecule is Cl.O=c1cc(-c2ccc(C(F)(F)F)cc2)ccn1-c1ccc2c(cnn2CCN2CC[C@@H](O)C2)c1. The van der Waals surface area contributed by atoms with Crippen molar-refractivity contribution in [3.8, 4) is 16.8 Å². The topological polar surface area (TPSA) is 63.3 Å². The normalized spacial score (nSPS) is 16.5. The van der Waals surface area contributed by atoms with Gasteiger partial charge < -0.3 is 5.11 Å². The zero-order chi connectivity index (χ0) is 23.9. The molecule has 10 heteroatoms. The predicted molar refractivity (Wildman–Crippen MR) is 130 cm³/mol. The van der Waals surface area contributed by atoms with Crippen molar-refractivity contribution in [1.29, 1.82) is 0 Å². The van der Waals surface area contributed by atoms with Crippen LogP contribution in [0.25, 0.3) is 27.7 Å². The van der Waals surface area contributed by atoms with Crippen molar-refractivity contribution < 1.29 is 18.3 Å². The first kappa shape index (κ1) is 25.0. The lowest BCUT2D eigenvalue weighted by atomic mass is 10.0. The fourth-order valence-corrected chi connectivity index (χ4v) is 4.38. The molecule has 1 N–H and O–H groups in total. The molecule has 0 aliphatic carbocycles. The van der Waals surface area contributed by atoms with E-state index in [0.29, 0.717) is 29.9 Å². The minimum Gasteiger partial charge on any atom is -0.392 e. The standard InChI is InChI=1S/C25H23F3N4O2.ClH/c26-25(27,28)20-3-1-17(2-4-20)18-7-10-31(24(34)14-18)21-5-6-23-19(13-21)15-29-32(23)12-11-30-9-8-22(33)16-30;/h1-7,10,13-15,22,33H,8-9,11-12,16H2;1H/t22-;/m1./s1. The van der Waals surface area contributed by atoms with Crippen LogP contribution < -0.4 is 5.56 Å². The number of hydrogen-bond donors (Lipinski definition) is 1. The Bertz CT molecular complexity index is 1380. The van der Waals surface area contributed by atoms with Crippen LogP contribution in [0.5, 0.6) is 0 Å². The van der Waals surface area contributed by atoms with Crippen molar-refractivity contribution in [2.75, 3.05) is 19.6 Å². The van der Waals surface area contributed by atoms with E-state index in [1.807, 2.05) is 22.9 Å². The second-order valence-corrected chi connectivity index (χ2v) is 8.55. The lowest BCUT2D eigenvalue weighted by Gasteiger charge is -2.15. The van der Waals surface area contributed by atoms with E-state index in [4.69, 9.17) is 0 Å². The van der Waals surface area contributed by atoms with Crippen LogP contribution in [0.3, 0.4) is 0 Å². The van der Waals surface area contributed by atoms with Crippen molar-refractivity contribution in [2.45, 2.75) is 25.2 Å². The molecule has 5 rings (SSSR count). The van der Waals surface area contributed by atoms with E-state index in [0.717, 1.165) is 42.5 Å². The first-order valence-corrected chi connectivity index (χ1v) is 11.0. The van der Waals surface area contributed by atoms with E-state index >= 15 is 0 Å². The Hall–Kier alpha value is -3.14. The third-order valence-electron chi connectivity index (χ3n) is 6.24. The first-order chi connectivity index (χ1) is 16.3. The van der Waals surface area contributed by atoms with Gasteiger partial charge in [-0.3, -0.25) is 18.9 Å². The Labute approximate surface area is 205 Å². The van der Waals surface area contributed by atoms with Crippen molar-refractivity contribution in [2.24, 2.45) is 0 Å². The average Bonchev–Trinajstić information content (AvgIpc) is 3.42. The molecule has 6 nitrogen and oxygen atoms in total. The highest BCUT2D eigenvalue weighted by molar-refractivity contribution is 5.85. The molecule has 1 fully saturated rings. The fraction of sp³-hybridized carbons (Fsp3) is 0.280. The van der Waals surface area contributed by atoms with E-state index in [-0.39, 0.29) is 24.1 Å². The van der Waals surface area contributed by atoms with E-state index in [2.05, 4.69) is 10.00 Å². The summed E-state index contributed by atoms with van der Waals surface area (Å²) in [5, 5.41) is 15.1. The molecule has 0 unspecified atom stereocenters. The van der Waals surface area contributed by atoms with Crippen LogP contribution in [0.4, 0.5) is 13.2 Å². The van der Waals surface area contributed by atoms with Gasteiger partial charge in [0.1, 0.15) is 0 Å². The van der Waals surface area contributed by atoms with Gasteiger partial charge in [0.15, 0.2) is 0 Å². The lowest BCUT2D eigenvalue weighted by Crippen LogP contribution is -2.26. The van der Waals surface area contributed by atoms with Gasteiger partial charge in [-0.1, -0.05) is 12.1 Å². The Balaban J connectivity index is 0.00000289. The Morgan fingerprint density at radius 3 is 2.43 bits per heavy atom. The maximum atomic E-state index is 12.8. The highest BCUT2D eigenvalue weighted by atomic mass is 35.5. The van der Waals surface area contributed by atoms with Crippen LogP contribution in [0, 0.1) is 0 Å². The van der Waals surface area contributed by atoms with Crippen LogP contribution in [-0.2, 0) is 12.7 Å². The summed E-state index contributed by atoms with van der Waals surface area (Å²) in [5.41, 5.74) is 1.72. The zero-order valence-corrected chi connectivity index (χ0v) is 19.5. The Morgan fingerprint density at radius 2 is 1.77 bits per heavy atom. The van der Waals surface area contributed by atoms with Gasteiger partial charge in [0, 0.05) is 43.0 Å². The van der Waals surface area contributed by atoms with Gasteiger partial charge in [-0.2, -0.15) is 18.3 Å². The monoisotopic (exact) mass is 504 g/mol. The maximum Gasteiger partial charge on any atom is 0.416 e. The number of rotatable bonds is 5. The van der Waals surface area contributed by atoms with Crippen LogP contribution in [0.2, 0.25) is 0 Å². The highest BCUT2D eigenvalue weighted by Crippen LogP contribution is 2.30. The summed E-state index contributed by atoms with van der Waals surface area (Å²) in [6.07, 6.45) is -0.458. The summed E-state index contributed by atoms with van der Waals surface area (Å²) in [4.78, 5) is 15.0. The number of aliphatic hydroxyl groups excluding tert-OH is 1. The Morgan fingerprint density at radius 1 is 1.00 bits per heavy atom. The zero-order valence-electron chi connectivity index (χ0n) is 18.7. The minimum absolute atomic E-state index is 0. The maximum absolute atomic E-state index is 12.8. The number of halogens is 4. The number of β-amino-alcohol motifs (C(OH)–C–C–N with tert-alkyl or cyclic N) is 1. The molecular weight excluding hydrogens is 481 g/mol. The number of alkyl halides is 3. The molecule has 4 aromatic rings. The fourth-order valence-electron chi connectivity index (χ4n) is 4.38. The highest BCUT2D eigenvalue weighted by Gasteiger charge is 2.30. The summed E-state index contributed by atoms with van der Waals surface area (Å²) < 4.78 is 41.8. The minimum atomic E-state index is -4.40. The summed E-state index contributed by atoms with van der Waals surface area (Å²) in [5.74, 6) is 0. The second-order valence-electron chi connectivity index (χ2n) is 8.55. The van der Waals surface area contributed by atoms with E-state index in [1.165, 1.54) is 22.8 Å². The summed E-state index contributed by atoms with van der Waals surface area (Å²) >= 11 is 0. The average molecular weight is 505 g/mol. The number of aliphatic hydroxyl groups is 1. The number of hydrogen-bond acceptors (Lipinski definition) is 4. The van der Waals surface area contributed by atoms with Crippen molar-refractivity contribution in [3.63, 3.8) is 0 Å². The number of fused-ring (bicyclic) bond motifs is 1. The lowest BCUT2D eigenvalue weighted by molar-refractivity contribution is -0.137. The molecule has 1 atom stereocenters. The molecule has 1 saturated heterocycles. The molecular formula is C25H24ClF3N4O2. The number of likely N-dealkylation sites (tertiary alicyclic amines) is 1. The van der Waals surface area contributed by atoms with Gasteiger partial charge in [-0.15, -0.1) is 12.4 Å². The molecule has 3 heterocycles. The van der Waals surface area contributed by atoms with E-state index in [9.17, 15) is 23.1 Å². The predicted octanol–water partition coefficient (Wildman–Crippen LogP) is 4.36. The van der Waals surface area contributed by atoms with Crippen LogP contribution in [-0.4, -0.2) is 50.1 Å². The summed E-state index contributed by atoms with van der Waals surface area (Å²) in [6, 6.07) is 13.5. The van der Waals surface area contributed by atoms with Crippen molar-refractivity contribution >= 4 is 23.3 Å². The molecule has 0 radical (unpaired) electrons. The van der Waals surface area contributed by atoms with Crippen molar-refractivity contribution in [3.05, 3.63) is 82.9 Å². The number of nitrogens with zero attached hydrogens (tertiary/aromatic N) is 4. The van der Waals surface area contributed by atoms with Gasteiger partial charge in [0.25, 0.3) is 5.56 Å². The molecule has 2 aromatic carbocycles. The third kappa shape index (κ3) is 5.27. The number of aromatic nitrogens is 3. The second kappa shape index (κ2) is 9.85. The molecule has 0 amide bonds. The molecule has 184 valence electrons. The Kier molecular flexibility index (Phi) is 7.02. The summed E-state index contributed by atoms with van der Waals surface area (Å²) in [6.45, 7) is 3.09. The molecule has 0 saturated carbocycles. The molecule has 0 bridgehead atoms. The summed E-state index contributed by atoms with van der Waals surface area (Å²) in [7, 11) is 0. The third-order valence-corrected chi connectivity index (χ3v) is 6.24. The van der Waals surface area contributed by atoms with E-state index < -0.39 is 11.7 Å². The van der Waals surface area contributed by atoms with Gasteiger partial charge in [0.2, 0.25) is 0 Å². The number of pyridine rings is 1. The van der Waals surface area contributed by atoms with E-state index in [1.54, 1.807) is 18.5 Å². The van der Waals surface area contributed by atoms with Crippen LogP contribution in [0.1, 0.15) is 12.0 Å². The quantitative estimate of drug-likeness (QED) is 0.438. The largest absolute Gasteiger partial charge is 0.416 e. The number of benzene rings is 2. The van der Waals surface area contributed by atoms with Gasteiger partial charge in [0.05, 0.1) is 29.9 Å². The molecule has 1 aliphatic heterocycles. The van der Waals surface area contributed by atoms with Gasteiger partial charge in [-0.25, -0.2) is 0 Å². The first-order valence-electron chi connectivity index (χ1n) is 11.0.